The number of aromatic nitrogens is 2. The first-order chi connectivity index (χ1) is 15.2. The number of ether oxygens (including phenoxy) is 1. The minimum atomic E-state index is -2.66. The molecule has 0 amide bonds. The minimum absolute atomic E-state index is 0.161. The van der Waals surface area contributed by atoms with E-state index in [2.05, 4.69) is 50.0 Å². The van der Waals surface area contributed by atoms with Gasteiger partial charge in [-0.3, -0.25) is 14.3 Å². The van der Waals surface area contributed by atoms with Gasteiger partial charge in [0.1, 0.15) is 14.3 Å². The maximum absolute atomic E-state index is 12.5. The van der Waals surface area contributed by atoms with Crippen LogP contribution in [0.15, 0.2) is 76.4 Å². The number of aromatic amines is 1. The fourth-order valence-corrected chi connectivity index (χ4v) is 12.0. The third-order valence-corrected chi connectivity index (χ3v) is 13.2. The van der Waals surface area contributed by atoms with Crippen LogP contribution in [0.1, 0.15) is 39.0 Å². The van der Waals surface area contributed by atoms with Gasteiger partial charge in [0.25, 0.3) is 5.56 Å². The summed E-state index contributed by atoms with van der Waals surface area (Å²) in [6.45, 7) is 8.35. The highest BCUT2D eigenvalue weighted by Crippen LogP contribution is 2.51. The number of aryl methyl sites for hydroxylation is 1. The molecule has 0 spiro atoms. The third kappa shape index (κ3) is 3.60. The van der Waals surface area contributed by atoms with Gasteiger partial charge in [0.05, 0.1) is 0 Å². The Morgan fingerprint density at radius 3 is 2.03 bits per heavy atom. The van der Waals surface area contributed by atoms with Crippen molar-refractivity contribution in [1.29, 1.82) is 0 Å². The van der Waals surface area contributed by atoms with E-state index in [1.807, 2.05) is 36.4 Å². The summed E-state index contributed by atoms with van der Waals surface area (Å²) >= 11 is 0. The molecule has 1 aliphatic rings. The molecule has 1 aliphatic heterocycles. The second-order valence-electron chi connectivity index (χ2n) is 9.59. The summed E-state index contributed by atoms with van der Waals surface area (Å²) in [7, 11) is -2.66. The van der Waals surface area contributed by atoms with Crippen LogP contribution in [0.4, 0.5) is 0 Å². The van der Waals surface area contributed by atoms with Gasteiger partial charge < -0.3 is 9.84 Å². The van der Waals surface area contributed by atoms with Gasteiger partial charge in [-0.05, 0) is 18.4 Å². The number of rotatable bonds is 4. The molecule has 0 bridgehead atoms. The van der Waals surface area contributed by atoms with Crippen molar-refractivity contribution >= 4 is 18.4 Å². The molecule has 3 aromatic rings. The summed E-state index contributed by atoms with van der Waals surface area (Å²) in [4.78, 5) is 26.7. The second kappa shape index (κ2) is 8.31. The average molecular weight is 451 g/mol. The summed E-state index contributed by atoms with van der Waals surface area (Å²) in [5.74, 6) is 0. The Hall–Kier alpha value is -2.74. The van der Waals surface area contributed by atoms with Crippen molar-refractivity contribution in [3.8, 4) is 0 Å². The topological polar surface area (TPSA) is 84.3 Å². The van der Waals surface area contributed by atoms with Crippen molar-refractivity contribution < 1.29 is 9.84 Å². The lowest BCUT2D eigenvalue weighted by Crippen LogP contribution is -2.68. The fourth-order valence-electron chi connectivity index (χ4n) is 5.43. The first-order valence-electron chi connectivity index (χ1n) is 10.9. The lowest BCUT2D eigenvalue weighted by molar-refractivity contribution is -0.114. The minimum Gasteiger partial charge on any atom is -0.368 e. The molecule has 7 heteroatoms. The monoisotopic (exact) mass is 450 g/mol. The molecule has 2 aromatic carbocycles. The van der Waals surface area contributed by atoms with Gasteiger partial charge in [0.2, 0.25) is 0 Å². The molecule has 32 heavy (non-hydrogen) atoms. The molecule has 1 aromatic heterocycles. The maximum Gasteiger partial charge on any atom is 0.330 e. The van der Waals surface area contributed by atoms with Gasteiger partial charge in [0.15, 0.2) is 6.29 Å². The van der Waals surface area contributed by atoms with Crippen molar-refractivity contribution in [2.24, 2.45) is 0 Å². The van der Waals surface area contributed by atoms with Crippen molar-refractivity contribution in [2.75, 3.05) is 0 Å². The largest absolute Gasteiger partial charge is 0.368 e. The first-order valence-corrected chi connectivity index (χ1v) is 13.0. The van der Waals surface area contributed by atoms with Gasteiger partial charge in [-0.1, -0.05) is 91.8 Å². The van der Waals surface area contributed by atoms with Crippen LogP contribution in [0.3, 0.4) is 0 Å². The second-order valence-corrected chi connectivity index (χ2v) is 14.6. The summed E-state index contributed by atoms with van der Waals surface area (Å²) in [6, 6.07) is 20.8. The van der Waals surface area contributed by atoms with Crippen LogP contribution in [0, 0.1) is 6.92 Å². The summed E-state index contributed by atoms with van der Waals surface area (Å²) in [5.41, 5.74) is -0.706. The fraction of sp³-hybridized carbons (Fsp3) is 0.360. The number of benzene rings is 2. The number of aliphatic hydroxyl groups is 1. The average Bonchev–Trinajstić information content (AvgIpc) is 3.13. The lowest BCUT2D eigenvalue weighted by Gasteiger charge is -2.48. The Morgan fingerprint density at radius 1 is 1.00 bits per heavy atom. The predicted octanol–water partition coefficient (Wildman–Crippen LogP) is 2.52. The quantitative estimate of drug-likeness (QED) is 0.598. The highest BCUT2D eigenvalue weighted by atomic mass is 28.3. The molecule has 4 rings (SSSR count). The van der Waals surface area contributed by atoms with Gasteiger partial charge in [0, 0.05) is 17.3 Å². The third-order valence-electron chi connectivity index (χ3n) is 6.75. The highest BCUT2D eigenvalue weighted by molar-refractivity contribution is 7.05. The number of nitrogens with zero attached hydrogens (tertiary/aromatic N) is 1. The van der Waals surface area contributed by atoms with Crippen LogP contribution in [-0.4, -0.2) is 29.0 Å². The number of H-pyrrole nitrogens is 1. The van der Waals surface area contributed by atoms with E-state index in [0.717, 1.165) is 0 Å². The highest BCUT2D eigenvalue weighted by Gasteiger charge is 2.58. The predicted molar refractivity (Wildman–Crippen MR) is 128 cm³/mol. The number of hydrogen-bond donors (Lipinski definition) is 2. The molecule has 3 unspecified atom stereocenters. The molecule has 1 saturated heterocycles. The van der Waals surface area contributed by atoms with Crippen molar-refractivity contribution in [3.63, 3.8) is 0 Å². The van der Waals surface area contributed by atoms with Crippen LogP contribution < -0.4 is 21.6 Å². The van der Waals surface area contributed by atoms with Gasteiger partial charge in [-0.15, -0.1) is 0 Å². The Labute approximate surface area is 188 Å². The maximum atomic E-state index is 12.5. The van der Waals surface area contributed by atoms with E-state index in [9.17, 15) is 14.7 Å². The van der Waals surface area contributed by atoms with Crippen molar-refractivity contribution in [1.82, 2.24) is 9.55 Å². The Kier molecular flexibility index (Phi) is 5.83. The summed E-state index contributed by atoms with van der Waals surface area (Å²) in [5, 5.41) is 13.6. The number of nitrogens with one attached hydrogen (secondary N) is 1. The molecule has 0 aliphatic carbocycles. The van der Waals surface area contributed by atoms with Gasteiger partial charge in [-0.2, -0.15) is 0 Å². The number of aliphatic hydroxyl groups excluding tert-OH is 1. The zero-order valence-corrected chi connectivity index (χ0v) is 19.9. The van der Waals surface area contributed by atoms with Crippen LogP contribution in [-0.2, 0) is 4.74 Å². The summed E-state index contributed by atoms with van der Waals surface area (Å²) < 4.78 is 7.41. The molecule has 0 radical (unpaired) electrons. The van der Waals surface area contributed by atoms with E-state index in [1.54, 1.807) is 6.92 Å². The molecule has 168 valence electrons. The molecule has 2 heterocycles. The van der Waals surface area contributed by atoms with Gasteiger partial charge >= 0.3 is 5.69 Å². The van der Waals surface area contributed by atoms with E-state index in [4.69, 9.17) is 4.74 Å². The van der Waals surface area contributed by atoms with Crippen molar-refractivity contribution in [3.05, 3.63) is 93.3 Å². The molecule has 6 nitrogen and oxygen atoms in total. The van der Waals surface area contributed by atoms with Crippen molar-refractivity contribution in [2.45, 2.75) is 57.2 Å². The van der Waals surface area contributed by atoms with E-state index in [1.165, 1.54) is 21.1 Å². The Balaban J connectivity index is 1.90. The Bertz CT molecular complexity index is 1160. The SMILES string of the molecule is Cc1cn(C2CC([Si](c3ccccc3)(c3ccccc3)C(C)(C)C)C(O)O2)c(=O)[nH]c1=O. The molecular weight excluding hydrogens is 420 g/mol. The molecule has 3 atom stereocenters. The van der Waals surface area contributed by atoms with Crippen LogP contribution in [0.2, 0.25) is 10.6 Å². The number of hydrogen-bond acceptors (Lipinski definition) is 4. The molecule has 1 fully saturated rings. The van der Waals surface area contributed by atoms with E-state index in [-0.39, 0.29) is 10.6 Å². The summed E-state index contributed by atoms with van der Waals surface area (Å²) in [6.07, 6.45) is 0.303. The van der Waals surface area contributed by atoms with E-state index < -0.39 is 31.8 Å². The smallest absolute Gasteiger partial charge is 0.330 e. The lowest BCUT2D eigenvalue weighted by atomic mass is 10.2. The first kappa shape index (κ1) is 22.5. The molecule has 0 saturated carbocycles. The standard InChI is InChI=1S/C25H30N2O4Si/c1-17-16-27(24(30)26-22(17)28)21-15-20(23(29)31-21)32(25(2,3)4,18-11-7-5-8-12-18)19-13-9-6-10-14-19/h5-14,16,20-21,23,29H,15H2,1-4H3,(H,26,28,30). The van der Waals surface area contributed by atoms with E-state index >= 15 is 0 Å². The van der Waals surface area contributed by atoms with Crippen LogP contribution in [0.5, 0.6) is 0 Å². The normalized spacial score (nSPS) is 21.6. The van der Waals surface area contributed by atoms with E-state index in [0.29, 0.717) is 12.0 Å². The van der Waals surface area contributed by atoms with Crippen LogP contribution in [0.25, 0.3) is 0 Å². The molecule has 2 N–H and O–H groups in total. The molecular formula is C25H30N2O4Si. The Morgan fingerprint density at radius 2 is 1.53 bits per heavy atom. The van der Waals surface area contributed by atoms with Gasteiger partial charge in [-0.25, -0.2) is 4.79 Å². The zero-order valence-electron chi connectivity index (χ0n) is 18.9. The van der Waals surface area contributed by atoms with Crippen LogP contribution >= 0.6 is 0 Å². The zero-order chi connectivity index (χ0) is 23.1.